The quantitative estimate of drug-likeness (QED) is 0.820. The Morgan fingerprint density at radius 1 is 1.36 bits per heavy atom. The maximum atomic E-state index is 13.0. The molecule has 2 aliphatic heterocycles. The van der Waals surface area contributed by atoms with E-state index in [1.165, 1.54) is 0 Å². The SMILES string of the molecule is CCC[C@@H]1COCCN1Cc1c(C(=O)N2CCCC2)nc2sccn12. The second kappa shape index (κ2) is 7.43. The van der Waals surface area contributed by atoms with Crippen molar-refractivity contribution in [2.75, 3.05) is 32.8 Å². The van der Waals surface area contributed by atoms with Crippen LogP contribution in [0.15, 0.2) is 11.6 Å². The van der Waals surface area contributed by atoms with Crippen LogP contribution in [-0.2, 0) is 11.3 Å². The highest BCUT2D eigenvalue weighted by Crippen LogP contribution is 2.24. The minimum Gasteiger partial charge on any atom is -0.378 e. The molecule has 4 heterocycles. The Labute approximate surface area is 152 Å². The first kappa shape index (κ1) is 17.0. The molecule has 0 saturated carbocycles. The number of imidazole rings is 1. The number of thiazole rings is 1. The smallest absolute Gasteiger partial charge is 0.274 e. The molecule has 2 saturated heterocycles. The van der Waals surface area contributed by atoms with Crippen LogP contribution < -0.4 is 0 Å². The molecule has 0 spiro atoms. The molecule has 4 rings (SSSR count). The molecule has 2 fully saturated rings. The van der Waals surface area contributed by atoms with Gasteiger partial charge in [0, 0.05) is 43.8 Å². The van der Waals surface area contributed by atoms with Crippen LogP contribution in [0.1, 0.15) is 48.8 Å². The highest BCUT2D eigenvalue weighted by Gasteiger charge is 2.29. The third-order valence-electron chi connectivity index (χ3n) is 5.28. The number of rotatable bonds is 5. The summed E-state index contributed by atoms with van der Waals surface area (Å²) in [6.07, 6.45) is 6.51. The average molecular weight is 362 g/mol. The van der Waals surface area contributed by atoms with Crippen molar-refractivity contribution in [3.8, 4) is 0 Å². The molecule has 1 atom stereocenters. The Hall–Kier alpha value is -1.44. The van der Waals surface area contributed by atoms with Gasteiger partial charge in [-0.15, -0.1) is 11.3 Å². The lowest BCUT2D eigenvalue weighted by Crippen LogP contribution is -2.45. The fourth-order valence-corrected chi connectivity index (χ4v) is 4.65. The Kier molecular flexibility index (Phi) is 5.05. The molecule has 2 aromatic rings. The van der Waals surface area contributed by atoms with E-state index in [2.05, 4.69) is 21.2 Å². The topological polar surface area (TPSA) is 50.1 Å². The number of morpholine rings is 1. The largest absolute Gasteiger partial charge is 0.378 e. The maximum Gasteiger partial charge on any atom is 0.274 e. The van der Waals surface area contributed by atoms with Crippen molar-refractivity contribution in [3.63, 3.8) is 0 Å². The summed E-state index contributed by atoms with van der Waals surface area (Å²) in [6.45, 7) is 7.17. The Balaban J connectivity index is 1.64. The van der Waals surface area contributed by atoms with E-state index >= 15 is 0 Å². The van der Waals surface area contributed by atoms with E-state index in [0.717, 1.165) is 75.7 Å². The number of amides is 1. The van der Waals surface area contributed by atoms with Gasteiger partial charge in [-0.2, -0.15) is 0 Å². The number of nitrogens with zero attached hydrogens (tertiary/aromatic N) is 4. The number of likely N-dealkylation sites (tertiary alicyclic amines) is 1. The highest BCUT2D eigenvalue weighted by molar-refractivity contribution is 7.15. The van der Waals surface area contributed by atoms with Crippen molar-refractivity contribution in [1.82, 2.24) is 19.2 Å². The van der Waals surface area contributed by atoms with Gasteiger partial charge in [0.2, 0.25) is 0 Å². The van der Waals surface area contributed by atoms with Crippen LogP contribution in [0, 0.1) is 0 Å². The molecule has 1 amide bonds. The van der Waals surface area contributed by atoms with Crippen molar-refractivity contribution >= 4 is 22.2 Å². The van der Waals surface area contributed by atoms with Gasteiger partial charge < -0.3 is 9.64 Å². The van der Waals surface area contributed by atoms with Crippen molar-refractivity contribution in [1.29, 1.82) is 0 Å². The molecular formula is C18H26N4O2S. The normalized spacial score (nSPS) is 22.1. The summed E-state index contributed by atoms with van der Waals surface area (Å²) in [6, 6.07) is 0.428. The number of carbonyl (C=O) groups excluding carboxylic acids is 1. The number of aromatic nitrogens is 2. The van der Waals surface area contributed by atoms with Crippen LogP contribution in [0.3, 0.4) is 0 Å². The van der Waals surface area contributed by atoms with Crippen molar-refractivity contribution in [2.24, 2.45) is 0 Å². The van der Waals surface area contributed by atoms with Crippen LogP contribution in [0.2, 0.25) is 0 Å². The molecule has 0 aliphatic carbocycles. The fraction of sp³-hybridized carbons (Fsp3) is 0.667. The van der Waals surface area contributed by atoms with E-state index in [4.69, 9.17) is 4.74 Å². The number of carbonyl (C=O) groups is 1. The van der Waals surface area contributed by atoms with Crippen molar-refractivity contribution < 1.29 is 9.53 Å². The zero-order valence-corrected chi connectivity index (χ0v) is 15.6. The molecule has 136 valence electrons. The lowest BCUT2D eigenvalue weighted by atomic mass is 10.1. The zero-order valence-electron chi connectivity index (χ0n) is 14.8. The average Bonchev–Trinajstić information content (AvgIpc) is 3.34. The molecule has 0 N–H and O–H groups in total. The van der Waals surface area contributed by atoms with Gasteiger partial charge in [0.05, 0.1) is 18.9 Å². The second-order valence-electron chi connectivity index (χ2n) is 6.95. The van der Waals surface area contributed by atoms with Crippen LogP contribution in [-0.4, -0.2) is 64.0 Å². The van der Waals surface area contributed by atoms with Crippen LogP contribution in [0.25, 0.3) is 4.96 Å². The number of hydrogen-bond acceptors (Lipinski definition) is 5. The molecular weight excluding hydrogens is 336 g/mol. The first-order valence-electron chi connectivity index (χ1n) is 9.33. The Morgan fingerprint density at radius 3 is 3.00 bits per heavy atom. The van der Waals surface area contributed by atoms with Crippen LogP contribution in [0.4, 0.5) is 0 Å². The van der Waals surface area contributed by atoms with E-state index in [-0.39, 0.29) is 5.91 Å². The van der Waals surface area contributed by atoms with Gasteiger partial charge in [0.25, 0.3) is 5.91 Å². The van der Waals surface area contributed by atoms with Gasteiger partial charge in [-0.3, -0.25) is 14.1 Å². The molecule has 0 unspecified atom stereocenters. The molecule has 0 aromatic carbocycles. The van der Waals surface area contributed by atoms with Gasteiger partial charge in [-0.25, -0.2) is 4.98 Å². The third kappa shape index (κ3) is 3.32. The second-order valence-corrected chi connectivity index (χ2v) is 7.82. The molecule has 0 radical (unpaired) electrons. The number of fused-ring (bicyclic) bond motifs is 1. The monoisotopic (exact) mass is 362 g/mol. The number of hydrogen-bond donors (Lipinski definition) is 0. The lowest BCUT2D eigenvalue weighted by Gasteiger charge is -2.35. The molecule has 25 heavy (non-hydrogen) atoms. The molecule has 0 bridgehead atoms. The number of ether oxygens (including phenoxy) is 1. The van der Waals surface area contributed by atoms with E-state index < -0.39 is 0 Å². The van der Waals surface area contributed by atoms with E-state index in [1.807, 2.05) is 16.5 Å². The summed E-state index contributed by atoms with van der Waals surface area (Å²) in [5, 5.41) is 2.04. The predicted molar refractivity (Wildman–Crippen MR) is 98.1 cm³/mol. The van der Waals surface area contributed by atoms with Gasteiger partial charge in [0.15, 0.2) is 10.7 Å². The maximum absolute atomic E-state index is 13.0. The van der Waals surface area contributed by atoms with Gasteiger partial charge in [-0.05, 0) is 19.3 Å². The molecule has 2 aliphatic rings. The first-order valence-corrected chi connectivity index (χ1v) is 10.2. The summed E-state index contributed by atoms with van der Waals surface area (Å²) in [4.78, 5) is 23.0. The lowest BCUT2D eigenvalue weighted by molar-refractivity contribution is -0.0154. The first-order chi connectivity index (χ1) is 12.3. The van der Waals surface area contributed by atoms with Gasteiger partial charge in [-0.1, -0.05) is 13.3 Å². The summed E-state index contributed by atoms with van der Waals surface area (Å²) in [7, 11) is 0. The van der Waals surface area contributed by atoms with E-state index in [0.29, 0.717) is 11.7 Å². The molecule has 2 aromatic heterocycles. The zero-order chi connectivity index (χ0) is 17.2. The minimum atomic E-state index is 0.101. The van der Waals surface area contributed by atoms with Gasteiger partial charge in [0.1, 0.15) is 0 Å². The van der Waals surface area contributed by atoms with E-state index in [9.17, 15) is 4.79 Å². The minimum absolute atomic E-state index is 0.101. The van der Waals surface area contributed by atoms with Crippen molar-refractivity contribution in [3.05, 3.63) is 23.0 Å². The summed E-state index contributed by atoms with van der Waals surface area (Å²) in [5.41, 5.74) is 1.69. The Morgan fingerprint density at radius 2 is 2.20 bits per heavy atom. The molecule has 7 heteroatoms. The summed E-state index contributed by atoms with van der Waals surface area (Å²) >= 11 is 1.59. The predicted octanol–water partition coefficient (Wildman–Crippen LogP) is 2.63. The third-order valence-corrected chi connectivity index (χ3v) is 6.04. The van der Waals surface area contributed by atoms with E-state index in [1.54, 1.807) is 11.3 Å². The highest BCUT2D eigenvalue weighted by atomic mass is 32.1. The summed E-state index contributed by atoms with van der Waals surface area (Å²) < 4.78 is 7.78. The van der Waals surface area contributed by atoms with Gasteiger partial charge >= 0.3 is 0 Å². The van der Waals surface area contributed by atoms with Crippen LogP contribution >= 0.6 is 11.3 Å². The Bertz CT molecular complexity index is 733. The fourth-order valence-electron chi connectivity index (χ4n) is 3.91. The van der Waals surface area contributed by atoms with Crippen LogP contribution in [0.5, 0.6) is 0 Å². The molecule has 6 nitrogen and oxygen atoms in total. The standard InChI is InChI=1S/C18H26N4O2S/c1-2-5-14-13-24-10-8-21(14)12-15-16(17(23)20-6-3-4-7-20)19-18-22(15)9-11-25-18/h9,11,14H,2-8,10,12-13H2,1H3/t14-/m1/s1. The van der Waals surface area contributed by atoms with Crippen molar-refractivity contribution in [2.45, 2.75) is 45.2 Å². The summed E-state index contributed by atoms with van der Waals surface area (Å²) in [5.74, 6) is 0.101.